The van der Waals surface area contributed by atoms with Gasteiger partial charge in [-0.25, -0.2) is 4.98 Å². The molecule has 1 amide bonds. The first kappa shape index (κ1) is 21.3. The lowest BCUT2D eigenvalue weighted by Crippen LogP contribution is -2.58. The molecule has 34 heavy (non-hydrogen) atoms. The Morgan fingerprint density at radius 1 is 1.09 bits per heavy atom. The second kappa shape index (κ2) is 7.65. The standard InChI is InChI=1S/C28H29N3O3/c1-27(33)16-28(29,17-27)21-11-9-20(10-12-21)25-22(19-5-3-2-4-6-19)13-23-26(30-25)34-15-24(32)31(23)14-18-7-8-18/h2-6,9-13,18,33H,7-8,14-17,29H2,1H3/t27-,28-. The molecular formula is C28H29N3O3. The number of aliphatic hydroxyl groups is 1. The molecule has 6 rings (SSSR count). The maximum atomic E-state index is 12.7. The third kappa shape index (κ3) is 3.77. The zero-order chi connectivity index (χ0) is 23.5. The number of pyridine rings is 1. The minimum Gasteiger partial charge on any atom is -0.466 e. The van der Waals surface area contributed by atoms with Gasteiger partial charge in [-0.15, -0.1) is 0 Å². The Balaban J connectivity index is 1.42. The van der Waals surface area contributed by atoms with Crippen LogP contribution < -0.4 is 15.4 Å². The first-order chi connectivity index (χ1) is 16.3. The van der Waals surface area contributed by atoms with E-state index in [1.54, 1.807) is 0 Å². The van der Waals surface area contributed by atoms with Crippen molar-refractivity contribution in [2.45, 2.75) is 43.7 Å². The molecule has 0 spiro atoms. The summed E-state index contributed by atoms with van der Waals surface area (Å²) in [5.74, 6) is 1.06. The van der Waals surface area contributed by atoms with Gasteiger partial charge in [-0.3, -0.25) is 4.79 Å². The van der Waals surface area contributed by atoms with Gasteiger partial charge in [0.05, 0.1) is 11.3 Å². The van der Waals surface area contributed by atoms with Crippen LogP contribution in [-0.4, -0.2) is 34.8 Å². The smallest absolute Gasteiger partial charge is 0.265 e. The maximum absolute atomic E-state index is 12.7. The molecule has 6 heteroatoms. The molecule has 2 saturated carbocycles. The van der Waals surface area contributed by atoms with Gasteiger partial charge in [0.15, 0.2) is 6.61 Å². The Labute approximate surface area is 199 Å². The lowest BCUT2D eigenvalue weighted by Gasteiger charge is -2.49. The van der Waals surface area contributed by atoms with Crippen LogP contribution in [0.4, 0.5) is 5.69 Å². The lowest BCUT2D eigenvalue weighted by atomic mass is 9.63. The van der Waals surface area contributed by atoms with Gasteiger partial charge < -0.3 is 20.5 Å². The van der Waals surface area contributed by atoms with E-state index in [9.17, 15) is 9.90 Å². The molecule has 174 valence electrons. The fourth-order valence-corrected chi connectivity index (χ4v) is 5.42. The average molecular weight is 456 g/mol. The van der Waals surface area contributed by atoms with Crippen molar-refractivity contribution in [2.24, 2.45) is 11.7 Å². The number of carbonyl (C=O) groups excluding carboxylic acids is 1. The highest BCUT2D eigenvalue weighted by molar-refractivity contribution is 5.99. The number of benzene rings is 2. The van der Waals surface area contributed by atoms with Crippen LogP contribution in [0, 0.1) is 5.92 Å². The van der Waals surface area contributed by atoms with Gasteiger partial charge in [0, 0.05) is 23.2 Å². The topological polar surface area (TPSA) is 88.7 Å². The predicted molar refractivity (Wildman–Crippen MR) is 131 cm³/mol. The second-order valence-corrected chi connectivity index (χ2v) is 10.4. The summed E-state index contributed by atoms with van der Waals surface area (Å²) in [6, 6.07) is 20.3. The summed E-state index contributed by atoms with van der Waals surface area (Å²) in [7, 11) is 0. The fourth-order valence-electron chi connectivity index (χ4n) is 5.42. The van der Waals surface area contributed by atoms with Crippen molar-refractivity contribution in [3.05, 3.63) is 66.2 Å². The molecule has 3 aromatic rings. The molecule has 0 unspecified atom stereocenters. The van der Waals surface area contributed by atoms with Crippen molar-refractivity contribution in [1.82, 2.24) is 4.98 Å². The summed E-state index contributed by atoms with van der Waals surface area (Å²) < 4.78 is 5.80. The molecule has 1 aromatic heterocycles. The van der Waals surface area contributed by atoms with Gasteiger partial charge in [0.1, 0.15) is 5.69 Å². The molecule has 3 aliphatic rings. The second-order valence-electron chi connectivity index (χ2n) is 10.4. The van der Waals surface area contributed by atoms with Crippen molar-refractivity contribution < 1.29 is 14.6 Å². The van der Waals surface area contributed by atoms with Crippen molar-refractivity contribution >= 4 is 11.6 Å². The van der Waals surface area contributed by atoms with E-state index in [-0.39, 0.29) is 12.5 Å². The number of nitrogens with two attached hydrogens (primary N) is 1. The molecule has 1 aliphatic heterocycles. The molecule has 6 nitrogen and oxygen atoms in total. The largest absolute Gasteiger partial charge is 0.466 e. The Bertz CT molecular complexity index is 1240. The minimum absolute atomic E-state index is 0.0121. The highest BCUT2D eigenvalue weighted by Gasteiger charge is 2.49. The number of hydrogen-bond acceptors (Lipinski definition) is 5. The van der Waals surface area contributed by atoms with E-state index in [2.05, 4.69) is 12.1 Å². The summed E-state index contributed by atoms with van der Waals surface area (Å²) in [5, 5.41) is 10.2. The molecule has 2 fully saturated rings. The summed E-state index contributed by atoms with van der Waals surface area (Å²) in [6.45, 7) is 2.57. The highest BCUT2D eigenvalue weighted by atomic mass is 16.5. The van der Waals surface area contributed by atoms with Crippen LogP contribution in [0.1, 0.15) is 38.2 Å². The van der Waals surface area contributed by atoms with Gasteiger partial charge in [0.2, 0.25) is 5.88 Å². The first-order valence-corrected chi connectivity index (χ1v) is 12.0. The maximum Gasteiger partial charge on any atom is 0.265 e. The molecule has 2 heterocycles. The summed E-state index contributed by atoms with van der Waals surface area (Å²) in [5.41, 5.74) is 10.9. The van der Waals surface area contributed by atoms with E-state index < -0.39 is 11.1 Å². The predicted octanol–water partition coefficient (Wildman–Crippen LogP) is 4.25. The van der Waals surface area contributed by atoms with E-state index >= 15 is 0 Å². The summed E-state index contributed by atoms with van der Waals surface area (Å²) in [4.78, 5) is 19.5. The third-order valence-corrected chi connectivity index (χ3v) is 7.24. The molecular weight excluding hydrogens is 426 g/mol. The third-order valence-electron chi connectivity index (χ3n) is 7.24. The van der Waals surface area contributed by atoms with Crippen molar-refractivity contribution in [3.63, 3.8) is 0 Å². The van der Waals surface area contributed by atoms with Crippen LogP contribution in [0.25, 0.3) is 22.4 Å². The molecule has 0 radical (unpaired) electrons. The normalized spacial score (nSPS) is 26.0. The Morgan fingerprint density at radius 2 is 1.79 bits per heavy atom. The van der Waals surface area contributed by atoms with Crippen LogP contribution in [0.2, 0.25) is 0 Å². The summed E-state index contributed by atoms with van der Waals surface area (Å²) >= 11 is 0. The van der Waals surface area contributed by atoms with Crippen LogP contribution in [0.15, 0.2) is 60.7 Å². The Kier molecular flexibility index (Phi) is 4.80. The van der Waals surface area contributed by atoms with Crippen LogP contribution in [0.5, 0.6) is 5.88 Å². The number of hydrogen-bond donors (Lipinski definition) is 2. The number of ether oxygens (including phenoxy) is 1. The van der Waals surface area contributed by atoms with Crippen molar-refractivity contribution in [2.75, 3.05) is 18.1 Å². The van der Waals surface area contributed by atoms with Crippen molar-refractivity contribution in [3.8, 4) is 28.3 Å². The number of amides is 1. The number of rotatable bonds is 5. The lowest BCUT2D eigenvalue weighted by molar-refractivity contribution is -0.121. The van der Waals surface area contributed by atoms with Crippen LogP contribution in [0.3, 0.4) is 0 Å². The van der Waals surface area contributed by atoms with Gasteiger partial charge in [0.25, 0.3) is 5.91 Å². The SMILES string of the molecule is C[C@]1(O)C[C@@](N)(c2ccc(-c3nc4c(cc3-c3ccccc3)N(CC3CC3)C(=O)CO4)cc2)C1. The Morgan fingerprint density at radius 3 is 2.44 bits per heavy atom. The monoisotopic (exact) mass is 455 g/mol. The fraction of sp³-hybridized carbons (Fsp3) is 0.357. The molecule has 3 N–H and O–H groups in total. The van der Waals surface area contributed by atoms with Gasteiger partial charge in [-0.05, 0) is 55.7 Å². The molecule has 0 bridgehead atoms. The Hall–Kier alpha value is -3.22. The number of aromatic nitrogens is 1. The van der Waals surface area contributed by atoms with E-state index in [0.29, 0.717) is 24.6 Å². The number of fused-ring (bicyclic) bond motifs is 1. The van der Waals surface area contributed by atoms with Gasteiger partial charge >= 0.3 is 0 Å². The zero-order valence-corrected chi connectivity index (χ0v) is 19.3. The first-order valence-electron chi connectivity index (χ1n) is 12.0. The van der Waals surface area contributed by atoms with Crippen molar-refractivity contribution in [1.29, 1.82) is 0 Å². The number of nitrogens with zero attached hydrogens (tertiary/aromatic N) is 2. The van der Waals surface area contributed by atoms with Crippen LogP contribution in [-0.2, 0) is 10.3 Å². The molecule has 2 aliphatic carbocycles. The van der Waals surface area contributed by atoms with Gasteiger partial charge in [-0.2, -0.15) is 0 Å². The van der Waals surface area contributed by atoms with E-state index in [1.165, 1.54) is 12.8 Å². The average Bonchev–Trinajstić information content (AvgIpc) is 3.64. The minimum atomic E-state index is -0.699. The quantitative estimate of drug-likeness (QED) is 0.600. The summed E-state index contributed by atoms with van der Waals surface area (Å²) in [6.07, 6.45) is 3.43. The van der Waals surface area contributed by atoms with E-state index in [1.807, 2.05) is 60.4 Å². The molecule has 0 saturated heterocycles. The number of carbonyl (C=O) groups is 1. The van der Waals surface area contributed by atoms with E-state index in [0.717, 1.165) is 40.2 Å². The molecule has 0 atom stereocenters. The van der Waals surface area contributed by atoms with Crippen LogP contribution >= 0.6 is 0 Å². The van der Waals surface area contributed by atoms with Gasteiger partial charge in [-0.1, -0.05) is 54.6 Å². The zero-order valence-electron chi connectivity index (χ0n) is 19.3. The number of anilines is 1. The highest BCUT2D eigenvalue weighted by Crippen LogP contribution is 2.47. The molecule has 2 aromatic carbocycles. The van der Waals surface area contributed by atoms with E-state index in [4.69, 9.17) is 15.5 Å².